The molecule has 1 N–H and O–H groups in total. The minimum atomic E-state index is 0.964. The van der Waals surface area contributed by atoms with Gasteiger partial charge in [-0.2, -0.15) is 0 Å². The lowest BCUT2D eigenvalue weighted by Crippen LogP contribution is -2.08. The molecule has 0 saturated heterocycles. The summed E-state index contributed by atoms with van der Waals surface area (Å²) in [4.78, 5) is 4.23. The first-order chi connectivity index (χ1) is 7.36. The van der Waals surface area contributed by atoms with Crippen LogP contribution >= 0.6 is 0 Å². The zero-order valence-corrected chi connectivity index (χ0v) is 9.37. The van der Waals surface area contributed by atoms with Crippen LogP contribution < -0.4 is 5.32 Å². The van der Waals surface area contributed by atoms with Gasteiger partial charge in [-0.1, -0.05) is 11.6 Å². The topological polar surface area (TPSA) is 29.9 Å². The molecule has 0 fully saturated rings. The van der Waals surface area contributed by atoms with Gasteiger partial charge < -0.3 is 9.88 Å². The van der Waals surface area contributed by atoms with Crippen molar-refractivity contribution in [2.45, 2.75) is 32.1 Å². The number of aryl methyl sites for hydroxylation is 1. The van der Waals surface area contributed by atoms with Gasteiger partial charge in [0.1, 0.15) is 0 Å². The molecule has 3 heteroatoms. The van der Waals surface area contributed by atoms with Crippen LogP contribution in [-0.2, 0) is 7.05 Å². The maximum absolute atomic E-state index is 4.23. The Bertz CT molecular complexity index is 338. The molecule has 0 aromatic carbocycles. The maximum Gasteiger partial charge on any atom is 0.202 e. The third kappa shape index (κ3) is 2.85. The second kappa shape index (κ2) is 5.01. The van der Waals surface area contributed by atoms with E-state index in [0.717, 1.165) is 18.9 Å². The van der Waals surface area contributed by atoms with Crippen molar-refractivity contribution in [3.8, 4) is 0 Å². The van der Waals surface area contributed by atoms with Gasteiger partial charge in [0.05, 0.1) is 0 Å². The maximum atomic E-state index is 4.23. The third-order valence-electron chi connectivity index (χ3n) is 2.94. The van der Waals surface area contributed by atoms with E-state index in [0.29, 0.717) is 0 Å². The summed E-state index contributed by atoms with van der Waals surface area (Å²) in [5, 5.41) is 3.35. The lowest BCUT2D eigenvalue weighted by atomic mass is 9.97. The smallest absolute Gasteiger partial charge is 0.202 e. The Kier molecular flexibility index (Phi) is 3.43. The van der Waals surface area contributed by atoms with Gasteiger partial charge in [-0.25, -0.2) is 4.98 Å². The van der Waals surface area contributed by atoms with Crippen LogP contribution in [0.4, 0.5) is 5.95 Å². The van der Waals surface area contributed by atoms with Crippen LogP contribution in [0.1, 0.15) is 32.1 Å². The second-order valence-electron chi connectivity index (χ2n) is 4.15. The quantitative estimate of drug-likeness (QED) is 0.766. The van der Waals surface area contributed by atoms with Gasteiger partial charge in [0.2, 0.25) is 5.95 Å². The lowest BCUT2D eigenvalue weighted by molar-refractivity contribution is 0.678. The fourth-order valence-electron chi connectivity index (χ4n) is 2.00. The molecule has 1 aromatic heterocycles. The Labute approximate surface area is 91.2 Å². The minimum Gasteiger partial charge on any atom is -0.355 e. The molecule has 2 rings (SSSR count). The molecule has 15 heavy (non-hydrogen) atoms. The number of hydrogen-bond donors (Lipinski definition) is 1. The summed E-state index contributed by atoms with van der Waals surface area (Å²) in [6.45, 7) is 0.997. The highest BCUT2D eigenvalue weighted by Crippen LogP contribution is 2.19. The molecule has 1 aromatic rings. The number of aromatic nitrogens is 2. The van der Waals surface area contributed by atoms with Crippen LogP contribution in [0.3, 0.4) is 0 Å². The van der Waals surface area contributed by atoms with Crippen molar-refractivity contribution in [2.75, 3.05) is 11.9 Å². The Morgan fingerprint density at radius 2 is 2.40 bits per heavy atom. The average Bonchev–Trinajstić information content (AvgIpc) is 2.66. The van der Waals surface area contributed by atoms with E-state index in [9.17, 15) is 0 Å². The van der Waals surface area contributed by atoms with E-state index in [1.165, 1.54) is 25.7 Å². The molecule has 0 amide bonds. The van der Waals surface area contributed by atoms with Crippen LogP contribution in [0.5, 0.6) is 0 Å². The van der Waals surface area contributed by atoms with E-state index < -0.39 is 0 Å². The molecule has 1 aliphatic rings. The predicted molar refractivity (Wildman–Crippen MR) is 62.9 cm³/mol. The van der Waals surface area contributed by atoms with Crippen LogP contribution in [0.25, 0.3) is 0 Å². The van der Waals surface area contributed by atoms with Crippen molar-refractivity contribution in [1.82, 2.24) is 9.55 Å². The standard InChI is InChI=1S/C12H19N3/c1-15-10-9-14-12(15)13-8-7-11-5-3-2-4-6-11/h5,9-10H,2-4,6-8H2,1H3,(H,13,14). The summed E-state index contributed by atoms with van der Waals surface area (Å²) in [6, 6.07) is 0. The summed E-state index contributed by atoms with van der Waals surface area (Å²) in [7, 11) is 2.01. The normalized spacial score (nSPS) is 16.2. The van der Waals surface area contributed by atoms with Crippen molar-refractivity contribution in [1.29, 1.82) is 0 Å². The number of hydrogen-bond acceptors (Lipinski definition) is 2. The molecular weight excluding hydrogens is 186 g/mol. The van der Waals surface area contributed by atoms with E-state index >= 15 is 0 Å². The Morgan fingerprint density at radius 1 is 1.47 bits per heavy atom. The Morgan fingerprint density at radius 3 is 3.07 bits per heavy atom. The van der Waals surface area contributed by atoms with Crippen LogP contribution in [0.2, 0.25) is 0 Å². The molecule has 0 atom stereocenters. The lowest BCUT2D eigenvalue weighted by Gasteiger charge is -2.13. The molecule has 0 saturated carbocycles. The monoisotopic (exact) mass is 205 g/mol. The van der Waals surface area contributed by atoms with Gasteiger partial charge in [0, 0.05) is 26.0 Å². The highest BCUT2D eigenvalue weighted by Gasteiger charge is 2.03. The first-order valence-corrected chi connectivity index (χ1v) is 5.75. The number of allylic oxidation sites excluding steroid dienone is 1. The molecule has 1 aliphatic carbocycles. The zero-order valence-electron chi connectivity index (χ0n) is 9.37. The fraction of sp³-hybridized carbons (Fsp3) is 0.583. The van der Waals surface area contributed by atoms with Gasteiger partial charge in [-0.3, -0.25) is 0 Å². The Hall–Kier alpha value is -1.25. The highest BCUT2D eigenvalue weighted by atomic mass is 15.2. The zero-order chi connectivity index (χ0) is 10.5. The number of imidazole rings is 1. The largest absolute Gasteiger partial charge is 0.355 e. The summed E-state index contributed by atoms with van der Waals surface area (Å²) in [5.74, 6) is 0.964. The predicted octanol–water partition coefficient (Wildman–Crippen LogP) is 2.72. The average molecular weight is 205 g/mol. The van der Waals surface area contributed by atoms with E-state index in [2.05, 4.69) is 16.4 Å². The van der Waals surface area contributed by atoms with Gasteiger partial charge in [0.25, 0.3) is 0 Å². The first kappa shape index (κ1) is 10.3. The first-order valence-electron chi connectivity index (χ1n) is 5.75. The van der Waals surface area contributed by atoms with Crippen molar-refractivity contribution >= 4 is 5.95 Å². The van der Waals surface area contributed by atoms with Crippen molar-refractivity contribution in [3.05, 3.63) is 24.0 Å². The third-order valence-corrected chi connectivity index (χ3v) is 2.94. The summed E-state index contributed by atoms with van der Waals surface area (Å²) in [6.07, 6.45) is 12.7. The summed E-state index contributed by atoms with van der Waals surface area (Å²) in [5.41, 5.74) is 1.61. The number of nitrogens with one attached hydrogen (secondary N) is 1. The number of nitrogens with zero attached hydrogens (tertiary/aromatic N) is 2. The molecule has 0 bridgehead atoms. The fourth-order valence-corrected chi connectivity index (χ4v) is 2.00. The molecule has 0 aliphatic heterocycles. The minimum absolute atomic E-state index is 0.964. The SMILES string of the molecule is Cn1ccnc1NCCC1=CCCCC1. The number of anilines is 1. The van der Waals surface area contributed by atoms with Crippen molar-refractivity contribution < 1.29 is 0 Å². The van der Waals surface area contributed by atoms with Gasteiger partial charge in [0.15, 0.2) is 0 Å². The van der Waals surface area contributed by atoms with Gasteiger partial charge in [-0.05, 0) is 32.1 Å². The number of rotatable bonds is 4. The van der Waals surface area contributed by atoms with E-state index in [1.807, 2.05) is 24.0 Å². The molecule has 3 nitrogen and oxygen atoms in total. The van der Waals surface area contributed by atoms with Crippen LogP contribution in [0, 0.1) is 0 Å². The molecule has 0 spiro atoms. The second-order valence-corrected chi connectivity index (χ2v) is 4.15. The van der Waals surface area contributed by atoms with E-state index in [1.54, 1.807) is 5.57 Å². The van der Waals surface area contributed by atoms with Crippen molar-refractivity contribution in [3.63, 3.8) is 0 Å². The van der Waals surface area contributed by atoms with Gasteiger partial charge >= 0.3 is 0 Å². The van der Waals surface area contributed by atoms with E-state index in [-0.39, 0.29) is 0 Å². The van der Waals surface area contributed by atoms with Crippen molar-refractivity contribution in [2.24, 2.45) is 7.05 Å². The van der Waals surface area contributed by atoms with Crippen LogP contribution in [-0.4, -0.2) is 16.1 Å². The van der Waals surface area contributed by atoms with Gasteiger partial charge in [-0.15, -0.1) is 0 Å². The highest BCUT2D eigenvalue weighted by molar-refractivity contribution is 5.25. The van der Waals surface area contributed by atoms with Crippen LogP contribution in [0.15, 0.2) is 24.0 Å². The molecule has 1 heterocycles. The molecule has 82 valence electrons. The summed E-state index contributed by atoms with van der Waals surface area (Å²) >= 11 is 0. The Balaban J connectivity index is 1.75. The van der Waals surface area contributed by atoms with E-state index in [4.69, 9.17) is 0 Å². The molecule has 0 radical (unpaired) electrons. The molecule has 0 unspecified atom stereocenters. The summed E-state index contributed by atoms with van der Waals surface area (Å²) < 4.78 is 2.01. The molecular formula is C12H19N3.